The summed E-state index contributed by atoms with van der Waals surface area (Å²) in [5.41, 5.74) is 4.00. The van der Waals surface area contributed by atoms with Crippen LogP contribution < -0.4 is 5.32 Å². The zero-order chi connectivity index (χ0) is 14.6. The highest BCUT2D eigenvalue weighted by Crippen LogP contribution is 2.15. The molecule has 0 aliphatic carbocycles. The zero-order valence-corrected chi connectivity index (χ0v) is 13.8. The molecule has 0 saturated heterocycles. The van der Waals surface area contributed by atoms with Crippen LogP contribution in [0.15, 0.2) is 0 Å². The predicted octanol–water partition coefficient (Wildman–Crippen LogP) is 3.82. The summed E-state index contributed by atoms with van der Waals surface area (Å²) in [4.78, 5) is 0. The van der Waals surface area contributed by atoms with Crippen molar-refractivity contribution in [1.82, 2.24) is 15.1 Å². The molecule has 0 unspecified atom stereocenters. The fourth-order valence-electron chi connectivity index (χ4n) is 2.21. The Morgan fingerprint density at radius 1 is 1.21 bits per heavy atom. The third-order valence-corrected chi connectivity index (χ3v) is 3.48. The fourth-order valence-corrected chi connectivity index (χ4v) is 2.21. The van der Waals surface area contributed by atoms with Crippen LogP contribution in [0.2, 0.25) is 0 Å². The first-order valence-electron chi connectivity index (χ1n) is 7.48. The summed E-state index contributed by atoms with van der Waals surface area (Å²) in [6, 6.07) is 0. The lowest BCUT2D eigenvalue weighted by Crippen LogP contribution is -2.35. The van der Waals surface area contributed by atoms with Gasteiger partial charge in [0.15, 0.2) is 0 Å². The Hall–Kier alpha value is -0.830. The van der Waals surface area contributed by atoms with E-state index in [9.17, 15) is 0 Å². The van der Waals surface area contributed by atoms with Gasteiger partial charge >= 0.3 is 0 Å². The van der Waals surface area contributed by atoms with Gasteiger partial charge < -0.3 is 5.32 Å². The number of nitrogens with zero attached hydrogens (tertiary/aromatic N) is 2. The topological polar surface area (TPSA) is 29.9 Å². The molecule has 0 atom stereocenters. The Bertz CT molecular complexity index is 397. The third-order valence-electron chi connectivity index (χ3n) is 3.48. The molecule has 19 heavy (non-hydrogen) atoms. The maximum Gasteiger partial charge on any atom is 0.0641 e. The molecule has 110 valence electrons. The number of aryl methyl sites for hydroxylation is 2. The van der Waals surface area contributed by atoms with Crippen molar-refractivity contribution in [1.29, 1.82) is 0 Å². The van der Waals surface area contributed by atoms with Crippen molar-refractivity contribution in [2.24, 2.45) is 5.92 Å². The SMILES string of the molecule is Cc1nn(CCCC(C)C)c(C)c1CNC(C)(C)C. The van der Waals surface area contributed by atoms with Crippen molar-refractivity contribution in [3.8, 4) is 0 Å². The van der Waals surface area contributed by atoms with Crippen LogP contribution in [0, 0.1) is 19.8 Å². The number of hydrogen-bond acceptors (Lipinski definition) is 2. The maximum absolute atomic E-state index is 4.68. The van der Waals surface area contributed by atoms with E-state index in [4.69, 9.17) is 0 Å². The first-order valence-corrected chi connectivity index (χ1v) is 7.48. The summed E-state index contributed by atoms with van der Waals surface area (Å²) in [7, 11) is 0. The summed E-state index contributed by atoms with van der Waals surface area (Å²) in [5, 5.41) is 8.24. The van der Waals surface area contributed by atoms with Gasteiger partial charge in [-0.1, -0.05) is 13.8 Å². The summed E-state index contributed by atoms with van der Waals surface area (Å²) < 4.78 is 2.18. The predicted molar refractivity (Wildman–Crippen MR) is 82.4 cm³/mol. The second-order valence-corrected chi connectivity index (χ2v) is 7.01. The third kappa shape index (κ3) is 5.35. The molecule has 0 aliphatic heterocycles. The van der Waals surface area contributed by atoms with Crippen LogP contribution in [-0.4, -0.2) is 15.3 Å². The lowest BCUT2D eigenvalue weighted by molar-refractivity contribution is 0.422. The van der Waals surface area contributed by atoms with Crippen molar-refractivity contribution < 1.29 is 0 Å². The molecule has 3 nitrogen and oxygen atoms in total. The van der Waals surface area contributed by atoms with E-state index < -0.39 is 0 Å². The van der Waals surface area contributed by atoms with E-state index in [2.05, 4.69) is 63.6 Å². The molecule has 1 aromatic rings. The van der Waals surface area contributed by atoms with Crippen LogP contribution in [0.4, 0.5) is 0 Å². The molecule has 0 radical (unpaired) electrons. The number of aromatic nitrogens is 2. The highest BCUT2D eigenvalue weighted by Gasteiger charge is 2.14. The van der Waals surface area contributed by atoms with Crippen molar-refractivity contribution in [3.05, 3.63) is 17.0 Å². The van der Waals surface area contributed by atoms with Gasteiger partial charge in [-0.05, 0) is 53.4 Å². The Balaban J connectivity index is 2.66. The number of nitrogens with one attached hydrogen (secondary N) is 1. The van der Waals surface area contributed by atoms with Gasteiger partial charge in [0.1, 0.15) is 0 Å². The van der Waals surface area contributed by atoms with Gasteiger partial charge in [-0.3, -0.25) is 4.68 Å². The fraction of sp³-hybridized carbons (Fsp3) is 0.812. The molecule has 0 bridgehead atoms. The molecule has 1 rings (SSSR count). The second-order valence-electron chi connectivity index (χ2n) is 7.01. The van der Waals surface area contributed by atoms with Gasteiger partial charge in [-0.2, -0.15) is 5.10 Å². The molecule has 1 heterocycles. The smallest absolute Gasteiger partial charge is 0.0641 e. The van der Waals surface area contributed by atoms with Gasteiger partial charge in [0.25, 0.3) is 0 Å². The standard InChI is InChI=1S/C16H31N3/c1-12(2)9-8-10-19-14(4)15(13(3)18-19)11-17-16(5,6)7/h12,17H,8-11H2,1-7H3. The zero-order valence-electron chi connectivity index (χ0n) is 13.8. The lowest BCUT2D eigenvalue weighted by Gasteiger charge is -2.20. The minimum absolute atomic E-state index is 0.151. The van der Waals surface area contributed by atoms with E-state index in [1.165, 1.54) is 29.8 Å². The summed E-state index contributed by atoms with van der Waals surface area (Å²) in [6.45, 7) is 17.4. The Morgan fingerprint density at radius 2 is 1.84 bits per heavy atom. The second kappa shape index (κ2) is 6.56. The van der Waals surface area contributed by atoms with Crippen LogP contribution in [0.1, 0.15) is 64.4 Å². The molecular weight excluding hydrogens is 234 g/mol. The van der Waals surface area contributed by atoms with Crippen molar-refractivity contribution in [2.75, 3.05) is 0 Å². The van der Waals surface area contributed by atoms with E-state index in [-0.39, 0.29) is 5.54 Å². The van der Waals surface area contributed by atoms with Gasteiger partial charge in [-0.15, -0.1) is 0 Å². The molecule has 1 aromatic heterocycles. The van der Waals surface area contributed by atoms with Crippen LogP contribution >= 0.6 is 0 Å². The molecule has 0 saturated carbocycles. The monoisotopic (exact) mass is 265 g/mol. The molecule has 0 spiro atoms. The van der Waals surface area contributed by atoms with Crippen molar-refractivity contribution >= 4 is 0 Å². The quantitative estimate of drug-likeness (QED) is 0.847. The van der Waals surface area contributed by atoms with E-state index in [1.54, 1.807) is 0 Å². The lowest BCUT2D eigenvalue weighted by atomic mass is 10.1. The van der Waals surface area contributed by atoms with Crippen LogP contribution in [-0.2, 0) is 13.1 Å². The number of rotatable bonds is 6. The Labute approximate surface area is 118 Å². The maximum atomic E-state index is 4.68. The summed E-state index contributed by atoms with van der Waals surface area (Å²) >= 11 is 0. The number of hydrogen-bond donors (Lipinski definition) is 1. The molecular formula is C16H31N3. The van der Waals surface area contributed by atoms with Gasteiger partial charge in [0, 0.05) is 29.9 Å². The van der Waals surface area contributed by atoms with E-state index >= 15 is 0 Å². The normalized spacial score (nSPS) is 12.4. The summed E-state index contributed by atoms with van der Waals surface area (Å²) in [5.74, 6) is 0.777. The van der Waals surface area contributed by atoms with Crippen LogP contribution in [0.3, 0.4) is 0 Å². The minimum Gasteiger partial charge on any atom is -0.308 e. The minimum atomic E-state index is 0.151. The first kappa shape index (κ1) is 16.2. The Morgan fingerprint density at radius 3 is 2.37 bits per heavy atom. The summed E-state index contributed by atoms with van der Waals surface area (Å²) in [6.07, 6.45) is 2.49. The Kier molecular flexibility index (Phi) is 5.60. The van der Waals surface area contributed by atoms with E-state index in [0.717, 1.165) is 19.0 Å². The van der Waals surface area contributed by atoms with Crippen LogP contribution in [0.5, 0.6) is 0 Å². The highest BCUT2D eigenvalue weighted by molar-refractivity contribution is 5.24. The van der Waals surface area contributed by atoms with Crippen LogP contribution in [0.25, 0.3) is 0 Å². The largest absolute Gasteiger partial charge is 0.308 e. The van der Waals surface area contributed by atoms with Crippen molar-refractivity contribution in [3.63, 3.8) is 0 Å². The molecule has 1 N–H and O–H groups in total. The van der Waals surface area contributed by atoms with Gasteiger partial charge in [0.05, 0.1) is 5.69 Å². The highest BCUT2D eigenvalue weighted by atomic mass is 15.3. The average Bonchev–Trinajstić information content (AvgIpc) is 2.50. The molecule has 0 fully saturated rings. The van der Waals surface area contributed by atoms with E-state index in [0.29, 0.717) is 0 Å². The average molecular weight is 265 g/mol. The van der Waals surface area contributed by atoms with Gasteiger partial charge in [-0.25, -0.2) is 0 Å². The van der Waals surface area contributed by atoms with Crippen molar-refractivity contribution in [2.45, 2.75) is 79.9 Å². The molecule has 3 heteroatoms. The molecule has 0 amide bonds. The van der Waals surface area contributed by atoms with Gasteiger partial charge in [0.2, 0.25) is 0 Å². The van der Waals surface area contributed by atoms with E-state index in [1.807, 2.05) is 0 Å². The first-order chi connectivity index (χ1) is 8.70. The molecule has 0 aromatic carbocycles. The molecule has 0 aliphatic rings.